The molecule has 1 aliphatic rings. The molecule has 0 aliphatic carbocycles. The summed E-state index contributed by atoms with van der Waals surface area (Å²) in [5, 5.41) is 2.94. The van der Waals surface area contributed by atoms with E-state index in [0.717, 1.165) is 20.6 Å². The van der Waals surface area contributed by atoms with Gasteiger partial charge in [0.1, 0.15) is 5.60 Å². The van der Waals surface area contributed by atoms with E-state index >= 15 is 0 Å². The average Bonchev–Trinajstić information content (AvgIpc) is 2.96. The standard InChI is InChI=1S/C26H25BrN2O3S/c1-25(2,3)32-24(31)28-26(33-20-12-8-5-9-13-20)21-16-19(27)14-15-22(21)29(23(26)30)17-18-10-6-4-7-11-18/h4-16H,17H2,1-3H3,(H,28,31)/t26-/m1/s1. The molecular formula is C26H25BrN2O3S. The van der Waals surface area contributed by atoms with Crippen molar-refractivity contribution < 1.29 is 14.3 Å². The first-order chi connectivity index (χ1) is 15.7. The van der Waals surface area contributed by atoms with Crippen LogP contribution in [0.3, 0.4) is 0 Å². The topological polar surface area (TPSA) is 58.6 Å². The number of ether oxygens (including phenoxy) is 1. The quantitative estimate of drug-likeness (QED) is 0.388. The monoisotopic (exact) mass is 524 g/mol. The summed E-state index contributed by atoms with van der Waals surface area (Å²) >= 11 is 4.84. The number of thioether (sulfide) groups is 1. The maximum absolute atomic E-state index is 14.1. The van der Waals surface area contributed by atoms with Crippen molar-refractivity contribution >= 4 is 45.4 Å². The molecule has 4 rings (SSSR count). The fourth-order valence-electron chi connectivity index (χ4n) is 3.72. The van der Waals surface area contributed by atoms with Crippen LogP contribution in [0, 0.1) is 0 Å². The normalized spacial score (nSPS) is 17.6. The van der Waals surface area contributed by atoms with Gasteiger partial charge in [0.2, 0.25) is 4.87 Å². The van der Waals surface area contributed by atoms with E-state index in [1.54, 1.807) is 25.7 Å². The molecular weight excluding hydrogens is 500 g/mol. The zero-order valence-corrected chi connectivity index (χ0v) is 21.1. The Morgan fingerprint density at radius 1 is 1.03 bits per heavy atom. The van der Waals surface area contributed by atoms with Gasteiger partial charge < -0.3 is 9.64 Å². The summed E-state index contributed by atoms with van der Waals surface area (Å²) in [7, 11) is 0. The lowest BCUT2D eigenvalue weighted by Gasteiger charge is -2.31. The third-order valence-corrected chi connectivity index (χ3v) is 6.85. The first-order valence-corrected chi connectivity index (χ1v) is 12.2. The lowest BCUT2D eigenvalue weighted by molar-refractivity contribution is -0.121. The smallest absolute Gasteiger partial charge is 0.409 e. The molecule has 7 heteroatoms. The molecule has 0 saturated heterocycles. The fraction of sp³-hybridized carbons (Fsp3) is 0.231. The molecule has 0 radical (unpaired) electrons. The second kappa shape index (κ2) is 9.23. The number of fused-ring (bicyclic) bond motifs is 1. The Hall–Kier alpha value is -2.77. The van der Waals surface area contributed by atoms with E-state index in [0.29, 0.717) is 12.1 Å². The molecule has 1 heterocycles. The highest BCUT2D eigenvalue weighted by molar-refractivity contribution is 9.10. The van der Waals surface area contributed by atoms with Crippen LogP contribution in [-0.2, 0) is 20.9 Å². The summed E-state index contributed by atoms with van der Waals surface area (Å²) in [6.07, 6.45) is -0.647. The van der Waals surface area contributed by atoms with Gasteiger partial charge in [-0.15, -0.1) is 0 Å². The molecule has 0 bridgehead atoms. The number of alkyl carbamates (subject to hydrolysis) is 1. The number of nitrogens with one attached hydrogen (secondary N) is 1. The predicted molar refractivity (Wildman–Crippen MR) is 135 cm³/mol. The number of amides is 2. The summed E-state index contributed by atoms with van der Waals surface area (Å²) in [6.45, 7) is 5.78. The molecule has 1 N–H and O–H groups in total. The minimum absolute atomic E-state index is 0.223. The number of carbonyl (C=O) groups excluding carboxylic acids is 2. The zero-order chi connectivity index (χ0) is 23.6. The van der Waals surface area contributed by atoms with Crippen molar-refractivity contribution in [3.8, 4) is 0 Å². The van der Waals surface area contributed by atoms with Gasteiger partial charge in [0, 0.05) is 14.9 Å². The molecule has 1 aliphatic heterocycles. The lowest BCUT2D eigenvalue weighted by Crippen LogP contribution is -2.51. The van der Waals surface area contributed by atoms with E-state index in [1.807, 2.05) is 78.9 Å². The molecule has 33 heavy (non-hydrogen) atoms. The molecule has 1 atom stereocenters. The number of anilines is 1. The van der Waals surface area contributed by atoms with Gasteiger partial charge in [-0.2, -0.15) is 0 Å². The Labute approximate surface area is 206 Å². The van der Waals surface area contributed by atoms with Crippen molar-refractivity contribution in [2.24, 2.45) is 0 Å². The average molecular weight is 525 g/mol. The minimum atomic E-state index is -1.38. The Morgan fingerprint density at radius 3 is 2.30 bits per heavy atom. The van der Waals surface area contributed by atoms with Crippen LogP contribution < -0.4 is 10.2 Å². The Kier molecular flexibility index (Phi) is 6.54. The van der Waals surface area contributed by atoms with Gasteiger partial charge in [0.05, 0.1) is 12.2 Å². The van der Waals surface area contributed by atoms with Crippen LogP contribution in [0.15, 0.2) is 88.2 Å². The summed E-state index contributed by atoms with van der Waals surface area (Å²) in [5.41, 5.74) is 1.76. The van der Waals surface area contributed by atoms with Crippen LogP contribution in [0.2, 0.25) is 0 Å². The van der Waals surface area contributed by atoms with Gasteiger partial charge in [0.25, 0.3) is 5.91 Å². The van der Waals surface area contributed by atoms with Crippen molar-refractivity contribution in [2.75, 3.05) is 4.90 Å². The molecule has 0 spiro atoms. The molecule has 170 valence electrons. The molecule has 3 aromatic carbocycles. The van der Waals surface area contributed by atoms with Crippen LogP contribution in [0.4, 0.5) is 10.5 Å². The van der Waals surface area contributed by atoms with Gasteiger partial charge >= 0.3 is 6.09 Å². The first-order valence-electron chi connectivity index (χ1n) is 10.6. The molecule has 5 nitrogen and oxygen atoms in total. The molecule has 3 aromatic rings. The van der Waals surface area contributed by atoms with Crippen molar-refractivity contribution in [1.82, 2.24) is 5.32 Å². The number of rotatable bonds is 5. The zero-order valence-electron chi connectivity index (χ0n) is 18.7. The Bertz CT molecular complexity index is 1170. The van der Waals surface area contributed by atoms with Crippen LogP contribution >= 0.6 is 27.7 Å². The van der Waals surface area contributed by atoms with Crippen molar-refractivity contribution in [3.05, 3.63) is 94.5 Å². The van der Waals surface area contributed by atoms with Crippen molar-refractivity contribution in [1.29, 1.82) is 0 Å². The van der Waals surface area contributed by atoms with Crippen molar-refractivity contribution in [2.45, 2.75) is 42.7 Å². The summed E-state index contributed by atoms with van der Waals surface area (Å²) < 4.78 is 6.38. The summed E-state index contributed by atoms with van der Waals surface area (Å²) in [5.74, 6) is -0.223. The molecule has 0 saturated carbocycles. The second-order valence-corrected chi connectivity index (χ2v) is 11.0. The van der Waals surface area contributed by atoms with Crippen LogP contribution in [0.1, 0.15) is 31.9 Å². The van der Waals surface area contributed by atoms with Crippen molar-refractivity contribution in [3.63, 3.8) is 0 Å². The molecule has 2 amide bonds. The first kappa shape index (κ1) is 23.4. The van der Waals surface area contributed by atoms with E-state index in [9.17, 15) is 9.59 Å². The predicted octanol–water partition coefficient (Wildman–Crippen LogP) is 6.47. The largest absolute Gasteiger partial charge is 0.444 e. The van der Waals surface area contributed by atoms with Gasteiger partial charge in [-0.3, -0.25) is 10.1 Å². The maximum atomic E-state index is 14.1. The number of halogens is 1. The maximum Gasteiger partial charge on any atom is 0.409 e. The van der Waals surface area contributed by atoms with E-state index < -0.39 is 16.6 Å². The number of hydrogen-bond donors (Lipinski definition) is 1. The highest BCUT2D eigenvalue weighted by Gasteiger charge is 2.54. The number of carbonyl (C=O) groups is 2. The summed E-state index contributed by atoms with van der Waals surface area (Å²) in [6, 6.07) is 25.1. The van der Waals surface area contributed by atoms with E-state index in [-0.39, 0.29) is 5.91 Å². The third-order valence-electron chi connectivity index (χ3n) is 5.05. The number of nitrogens with zero attached hydrogens (tertiary/aromatic N) is 1. The van der Waals surface area contributed by atoms with Crippen LogP contribution in [0.5, 0.6) is 0 Å². The molecule has 0 fully saturated rings. The molecule has 0 unspecified atom stereocenters. The van der Waals surface area contributed by atoms with Crippen LogP contribution in [0.25, 0.3) is 0 Å². The summed E-state index contributed by atoms with van der Waals surface area (Å²) in [4.78, 5) is 28.3. The Balaban J connectivity index is 1.82. The minimum Gasteiger partial charge on any atom is -0.444 e. The van der Waals surface area contributed by atoms with Crippen LogP contribution in [-0.4, -0.2) is 17.6 Å². The Morgan fingerprint density at radius 2 is 1.67 bits per heavy atom. The second-order valence-electron chi connectivity index (χ2n) is 8.76. The number of hydrogen-bond acceptors (Lipinski definition) is 4. The lowest BCUT2D eigenvalue weighted by atomic mass is 10.1. The third kappa shape index (κ3) is 5.09. The van der Waals surface area contributed by atoms with Gasteiger partial charge in [-0.05, 0) is 56.7 Å². The highest BCUT2D eigenvalue weighted by Crippen LogP contribution is 2.51. The van der Waals surface area contributed by atoms with E-state index in [1.165, 1.54) is 11.8 Å². The van der Waals surface area contributed by atoms with Gasteiger partial charge in [0.15, 0.2) is 0 Å². The number of benzene rings is 3. The van der Waals surface area contributed by atoms with Gasteiger partial charge in [-0.1, -0.05) is 76.2 Å². The SMILES string of the molecule is CC(C)(C)OC(=O)N[C@]1(Sc2ccccc2)C(=O)N(Cc2ccccc2)c2ccc(Br)cc21. The molecule has 0 aromatic heterocycles. The van der Waals surface area contributed by atoms with E-state index in [4.69, 9.17) is 4.74 Å². The fourth-order valence-corrected chi connectivity index (χ4v) is 5.33. The van der Waals surface area contributed by atoms with E-state index in [2.05, 4.69) is 21.2 Å². The highest BCUT2D eigenvalue weighted by atomic mass is 79.9. The van der Waals surface area contributed by atoms with Gasteiger partial charge in [-0.25, -0.2) is 4.79 Å².